The molecule has 0 radical (unpaired) electrons. The Morgan fingerprint density at radius 3 is 2.50 bits per heavy atom. The summed E-state index contributed by atoms with van der Waals surface area (Å²) in [5.74, 6) is 0.746. The summed E-state index contributed by atoms with van der Waals surface area (Å²) >= 11 is 4.78. The molecule has 2 rings (SSSR count). The van der Waals surface area contributed by atoms with Crippen LogP contribution in [0.1, 0.15) is 5.56 Å². The number of carbonyl (C=O) groups is 1. The Hall–Kier alpha value is -0.230. The third-order valence-electron chi connectivity index (χ3n) is 2.65. The van der Waals surface area contributed by atoms with Crippen LogP contribution in [-0.4, -0.2) is 36.3 Å². The smallest absolute Gasteiger partial charge is 0.282 e. The number of thioether (sulfide) groups is 1. The van der Waals surface area contributed by atoms with Crippen molar-refractivity contribution in [3.63, 3.8) is 0 Å². The van der Waals surface area contributed by atoms with Gasteiger partial charge in [-0.1, -0.05) is 39.8 Å². The van der Waals surface area contributed by atoms with Crippen LogP contribution in [0, 0.1) is 0 Å². The fourth-order valence-electron chi connectivity index (χ4n) is 1.66. The minimum Gasteiger partial charge on any atom is -0.331 e. The zero-order valence-corrected chi connectivity index (χ0v) is 13.1. The van der Waals surface area contributed by atoms with Gasteiger partial charge in [-0.3, -0.25) is 4.79 Å². The van der Waals surface area contributed by atoms with Crippen molar-refractivity contribution in [3.8, 4) is 0 Å². The van der Waals surface area contributed by atoms with Crippen LogP contribution in [0.15, 0.2) is 28.7 Å². The maximum absolute atomic E-state index is 11.9. The summed E-state index contributed by atoms with van der Waals surface area (Å²) in [5, 5.41) is 3.43. The largest absolute Gasteiger partial charge is 0.331 e. The molecule has 0 aliphatic carbocycles. The number of nitrogens with zero attached hydrogens (tertiary/aromatic N) is 1. The number of halogens is 2. The van der Waals surface area contributed by atoms with E-state index in [4.69, 9.17) is 0 Å². The van der Waals surface area contributed by atoms with Gasteiger partial charge in [-0.25, -0.2) is 0 Å². The summed E-state index contributed by atoms with van der Waals surface area (Å²) in [6.07, 6.45) is 0. The number of hydrogen-bond acceptors (Lipinski definition) is 3. The minimum atomic E-state index is 0. The molecule has 1 aliphatic rings. The maximum Gasteiger partial charge on any atom is 0.282 e. The van der Waals surface area contributed by atoms with Crippen LogP contribution in [0.4, 0.5) is 4.79 Å². The molecule has 100 valence electrons. The van der Waals surface area contributed by atoms with Crippen LogP contribution < -0.4 is 5.32 Å². The molecular formula is C12H16BrClN2OS. The highest BCUT2D eigenvalue weighted by molar-refractivity contribution is 9.10. The van der Waals surface area contributed by atoms with E-state index in [0.29, 0.717) is 0 Å². The van der Waals surface area contributed by atoms with Crippen molar-refractivity contribution >= 4 is 45.3 Å². The summed E-state index contributed by atoms with van der Waals surface area (Å²) in [6, 6.07) is 8.10. The van der Waals surface area contributed by atoms with Gasteiger partial charge in [-0.15, -0.1) is 12.4 Å². The fourth-order valence-corrected chi connectivity index (χ4v) is 2.78. The Kier molecular flexibility index (Phi) is 7.07. The average molecular weight is 352 g/mol. The van der Waals surface area contributed by atoms with E-state index in [1.165, 1.54) is 17.3 Å². The molecule has 1 aromatic rings. The van der Waals surface area contributed by atoms with Crippen molar-refractivity contribution in [2.75, 3.05) is 26.2 Å². The summed E-state index contributed by atoms with van der Waals surface area (Å²) in [4.78, 5) is 13.8. The van der Waals surface area contributed by atoms with Gasteiger partial charge in [0.25, 0.3) is 5.24 Å². The number of benzene rings is 1. The fraction of sp³-hybridized carbons (Fsp3) is 0.417. The van der Waals surface area contributed by atoms with Crippen LogP contribution in [0.3, 0.4) is 0 Å². The molecule has 0 saturated carbocycles. The highest BCUT2D eigenvalue weighted by Gasteiger charge is 2.16. The number of carbonyl (C=O) groups excluding carboxylic acids is 1. The molecule has 1 aromatic carbocycles. The Balaban J connectivity index is 0.00000162. The van der Waals surface area contributed by atoms with E-state index in [1.807, 2.05) is 29.2 Å². The third-order valence-corrected chi connectivity index (χ3v) is 4.16. The highest BCUT2D eigenvalue weighted by atomic mass is 79.9. The van der Waals surface area contributed by atoms with Crippen molar-refractivity contribution in [1.82, 2.24) is 10.2 Å². The predicted octanol–water partition coefficient (Wildman–Crippen LogP) is 3.13. The van der Waals surface area contributed by atoms with Crippen LogP contribution in [-0.2, 0) is 5.75 Å². The lowest BCUT2D eigenvalue weighted by molar-refractivity contribution is 0.215. The molecule has 0 bridgehead atoms. The van der Waals surface area contributed by atoms with E-state index in [9.17, 15) is 4.79 Å². The molecule has 1 amide bonds. The predicted molar refractivity (Wildman–Crippen MR) is 82.5 cm³/mol. The Bertz CT molecular complexity index is 382. The molecule has 1 fully saturated rings. The maximum atomic E-state index is 11.9. The molecule has 18 heavy (non-hydrogen) atoms. The van der Waals surface area contributed by atoms with Crippen molar-refractivity contribution in [3.05, 3.63) is 34.3 Å². The zero-order chi connectivity index (χ0) is 12.1. The first-order chi connectivity index (χ1) is 8.25. The molecule has 6 heteroatoms. The minimum absolute atomic E-state index is 0. The van der Waals surface area contributed by atoms with Crippen molar-refractivity contribution in [2.24, 2.45) is 0 Å². The molecule has 0 unspecified atom stereocenters. The Morgan fingerprint density at radius 1 is 1.28 bits per heavy atom. The van der Waals surface area contributed by atoms with E-state index < -0.39 is 0 Å². The van der Waals surface area contributed by atoms with Gasteiger partial charge in [0.2, 0.25) is 0 Å². The number of piperazine rings is 1. The number of nitrogens with one attached hydrogen (secondary N) is 1. The van der Waals surface area contributed by atoms with E-state index in [1.54, 1.807) is 0 Å². The molecule has 0 spiro atoms. The second-order valence-electron chi connectivity index (χ2n) is 3.92. The molecule has 1 N–H and O–H groups in total. The topological polar surface area (TPSA) is 32.3 Å². The first-order valence-electron chi connectivity index (χ1n) is 5.62. The van der Waals surface area contributed by atoms with Crippen molar-refractivity contribution in [2.45, 2.75) is 5.75 Å². The summed E-state index contributed by atoms with van der Waals surface area (Å²) in [5.41, 5.74) is 1.18. The van der Waals surface area contributed by atoms with Crippen LogP contribution >= 0.6 is 40.1 Å². The van der Waals surface area contributed by atoms with Gasteiger partial charge in [-0.2, -0.15) is 0 Å². The van der Waals surface area contributed by atoms with Gasteiger partial charge in [0.05, 0.1) is 0 Å². The number of amides is 1. The lowest BCUT2D eigenvalue weighted by Crippen LogP contribution is -2.45. The van der Waals surface area contributed by atoms with Gasteiger partial charge in [0.1, 0.15) is 0 Å². The van der Waals surface area contributed by atoms with Crippen molar-refractivity contribution < 1.29 is 4.79 Å². The normalized spacial score (nSPS) is 15.1. The summed E-state index contributed by atoms with van der Waals surface area (Å²) < 4.78 is 1.07. The first kappa shape index (κ1) is 15.8. The molecule has 3 nitrogen and oxygen atoms in total. The molecular weight excluding hydrogens is 336 g/mol. The SMILES string of the molecule is Cl.O=C(SCc1ccc(Br)cc1)N1CCNCC1. The molecule has 1 saturated heterocycles. The second-order valence-corrected chi connectivity index (χ2v) is 5.76. The lowest BCUT2D eigenvalue weighted by Gasteiger charge is -2.26. The van der Waals surface area contributed by atoms with Gasteiger partial charge in [-0.05, 0) is 17.7 Å². The quantitative estimate of drug-likeness (QED) is 0.888. The van der Waals surface area contributed by atoms with Crippen molar-refractivity contribution in [1.29, 1.82) is 0 Å². The van der Waals surface area contributed by atoms with E-state index >= 15 is 0 Å². The summed E-state index contributed by atoms with van der Waals surface area (Å²) in [6.45, 7) is 3.47. The van der Waals surface area contributed by atoms with Gasteiger partial charge in [0.15, 0.2) is 0 Å². The molecule has 0 aromatic heterocycles. The van der Waals surface area contributed by atoms with Gasteiger partial charge in [0, 0.05) is 36.4 Å². The van der Waals surface area contributed by atoms with E-state index in [-0.39, 0.29) is 17.6 Å². The van der Waals surface area contributed by atoms with Gasteiger partial charge >= 0.3 is 0 Å². The van der Waals surface area contributed by atoms with Crippen LogP contribution in [0.2, 0.25) is 0 Å². The van der Waals surface area contributed by atoms with Gasteiger partial charge < -0.3 is 10.2 Å². The Morgan fingerprint density at radius 2 is 1.89 bits per heavy atom. The third kappa shape index (κ3) is 4.80. The lowest BCUT2D eigenvalue weighted by atomic mass is 10.2. The first-order valence-corrected chi connectivity index (χ1v) is 7.40. The zero-order valence-electron chi connectivity index (χ0n) is 9.89. The van der Waals surface area contributed by atoms with E-state index in [0.717, 1.165) is 36.4 Å². The van der Waals surface area contributed by atoms with Crippen LogP contribution in [0.5, 0.6) is 0 Å². The Labute approximate surface area is 126 Å². The summed E-state index contributed by atoms with van der Waals surface area (Å²) in [7, 11) is 0. The highest BCUT2D eigenvalue weighted by Crippen LogP contribution is 2.18. The average Bonchev–Trinajstić information content (AvgIpc) is 2.39. The molecule has 1 heterocycles. The number of rotatable bonds is 2. The molecule has 0 atom stereocenters. The molecule has 1 aliphatic heterocycles. The standard InChI is InChI=1S/C12H15BrN2OS.ClH/c13-11-3-1-10(2-4-11)9-17-12(16)15-7-5-14-6-8-15;/h1-4,14H,5-9H2;1H. The van der Waals surface area contributed by atoms with Crippen LogP contribution in [0.25, 0.3) is 0 Å². The monoisotopic (exact) mass is 350 g/mol. The second kappa shape index (κ2) is 8.04. The van der Waals surface area contributed by atoms with E-state index in [2.05, 4.69) is 21.2 Å². The number of hydrogen-bond donors (Lipinski definition) is 1.